The summed E-state index contributed by atoms with van der Waals surface area (Å²) in [6, 6.07) is 0. The monoisotopic (exact) mass is 301 g/mol. The first-order chi connectivity index (χ1) is 9.93. The Bertz CT molecular complexity index is 416. The number of hydrogen-bond acceptors (Lipinski definition) is 7. The van der Waals surface area contributed by atoms with Crippen molar-refractivity contribution in [2.75, 3.05) is 19.8 Å². The second-order valence-corrected chi connectivity index (χ2v) is 4.16. The predicted octanol–water partition coefficient (Wildman–Crippen LogP) is -0.438. The molecule has 1 aliphatic rings. The predicted molar refractivity (Wildman–Crippen MR) is 69.6 cm³/mol. The van der Waals surface area contributed by atoms with Gasteiger partial charge in [-0.15, -0.1) is 6.58 Å². The lowest BCUT2D eigenvalue weighted by Crippen LogP contribution is -2.72. The highest BCUT2D eigenvalue weighted by molar-refractivity contribution is 6.07. The Balaban J connectivity index is 3.04. The van der Waals surface area contributed by atoms with Crippen LogP contribution in [0.3, 0.4) is 0 Å². The molecule has 0 aromatic carbocycles. The van der Waals surface area contributed by atoms with Crippen LogP contribution in [0.15, 0.2) is 12.7 Å². The number of nitrogens with zero attached hydrogens (tertiary/aromatic N) is 1. The molecule has 1 saturated heterocycles. The average molecular weight is 301 g/mol. The summed E-state index contributed by atoms with van der Waals surface area (Å²) in [7, 11) is 0. The molecule has 21 heavy (non-hydrogen) atoms. The van der Waals surface area contributed by atoms with Crippen molar-refractivity contribution >= 4 is 17.8 Å². The number of carbonyl (C=O) groups excluding carboxylic acids is 3. The lowest BCUT2D eigenvalue weighted by molar-refractivity contribution is -0.244. The van der Waals surface area contributed by atoms with Crippen molar-refractivity contribution in [3.63, 3.8) is 0 Å². The molecule has 0 aliphatic carbocycles. The topological polar surface area (TPSA) is 102 Å². The summed E-state index contributed by atoms with van der Waals surface area (Å²) in [5.41, 5.74) is -2.84. The molecule has 1 atom stereocenters. The van der Waals surface area contributed by atoms with Crippen LogP contribution in [0.25, 0.3) is 0 Å². The third kappa shape index (κ3) is 3.22. The molecule has 1 fully saturated rings. The zero-order valence-electron chi connectivity index (χ0n) is 12.0. The molecule has 1 amide bonds. The SMILES string of the molecule is C=CCOC1CC(=O)N1C(O)(C(=O)OCC)C(=O)OCC. The van der Waals surface area contributed by atoms with Crippen molar-refractivity contribution in [1.82, 2.24) is 4.90 Å². The number of esters is 2. The first-order valence-corrected chi connectivity index (χ1v) is 6.54. The van der Waals surface area contributed by atoms with E-state index in [1.165, 1.54) is 19.9 Å². The van der Waals surface area contributed by atoms with E-state index in [0.29, 0.717) is 4.90 Å². The molecule has 1 rings (SSSR count). The number of likely N-dealkylation sites (tertiary alicyclic amines) is 1. The van der Waals surface area contributed by atoms with E-state index in [1.807, 2.05) is 0 Å². The Morgan fingerprint density at radius 3 is 2.29 bits per heavy atom. The third-order valence-corrected chi connectivity index (χ3v) is 2.78. The van der Waals surface area contributed by atoms with Crippen LogP contribution in [-0.4, -0.2) is 59.6 Å². The fraction of sp³-hybridized carbons (Fsp3) is 0.615. The fourth-order valence-corrected chi connectivity index (χ4v) is 1.83. The molecule has 1 N–H and O–H groups in total. The first kappa shape index (κ1) is 17.1. The van der Waals surface area contributed by atoms with Crippen LogP contribution in [0.2, 0.25) is 0 Å². The molecule has 0 aromatic heterocycles. The summed E-state index contributed by atoms with van der Waals surface area (Å²) in [5.74, 6) is -3.17. The Morgan fingerprint density at radius 1 is 1.38 bits per heavy atom. The largest absolute Gasteiger partial charge is 0.462 e. The molecule has 1 aliphatic heterocycles. The van der Waals surface area contributed by atoms with Gasteiger partial charge in [0.25, 0.3) is 0 Å². The fourth-order valence-electron chi connectivity index (χ4n) is 1.83. The Kier molecular flexibility index (Phi) is 5.86. The molecule has 8 heteroatoms. The van der Waals surface area contributed by atoms with Crippen molar-refractivity contribution in [2.45, 2.75) is 32.2 Å². The summed E-state index contributed by atoms with van der Waals surface area (Å²) >= 11 is 0. The van der Waals surface area contributed by atoms with Crippen LogP contribution in [-0.2, 0) is 28.6 Å². The van der Waals surface area contributed by atoms with E-state index in [4.69, 9.17) is 4.74 Å². The summed E-state index contributed by atoms with van der Waals surface area (Å²) in [6.45, 7) is 6.42. The zero-order valence-corrected chi connectivity index (χ0v) is 12.0. The van der Waals surface area contributed by atoms with E-state index in [-0.39, 0.29) is 26.2 Å². The molecule has 118 valence electrons. The standard InChI is InChI=1S/C13H19NO7/c1-4-7-21-10-8-9(15)14(10)13(18,11(16)19-5-2)12(17)20-6-3/h4,10,18H,1,5-8H2,2-3H3. The van der Waals surface area contributed by atoms with Crippen molar-refractivity contribution in [2.24, 2.45) is 0 Å². The van der Waals surface area contributed by atoms with Crippen LogP contribution in [0, 0.1) is 0 Å². The highest BCUT2D eigenvalue weighted by atomic mass is 16.6. The Labute approximate surface area is 122 Å². The molecule has 0 spiro atoms. The maximum absolute atomic E-state index is 11.9. The molecule has 0 aromatic rings. The number of carbonyl (C=O) groups is 3. The molecule has 0 saturated carbocycles. The number of hydrogen-bond donors (Lipinski definition) is 1. The van der Waals surface area contributed by atoms with Crippen LogP contribution < -0.4 is 0 Å². The van der Waals surface area contributed by atoms with Crippen LogP contribution >= 0.6 is 0 Å². The smallest absolute Gasteiger partial charge is 0.372 e. The maximum atomic E-state index is 11.9. The minimum Gasteiger partial charge on any atom is -0.462 e. The maximum Gasteiger partial charge on any atom is 0.372 e. The van der Waals surface area contributed by atoms with Gasteiger partial charge in [-0.3, -0.25) is 9.69 Å². The number of ether oxygens (including phenoxy) is 3. The van der Waals surface area contributed by atoms with E-state index in [9.17, 15) is 19.5 Å². The Hall–Kier alpha value is -1.93. The first-order valence-electron chi connectivity index (χ1n) is 6.54. The van der Waals surface area contributed by atoms with E-state index >= 15 is 0 Å². The second kappa shape index (κ2) is 7.19. The van der Waals surface area contributed by atoms with Gasteiger partial charge in [-0.25, -0.2) is 9.59 Å². The minimum atomic E-state index is -2.84. The van der Waals surface area contributed by atoms with Gasteiger partial charge < -0.3 is 19.3 Å². The molecular weight excluding hydrogens is 282 g/mol. The van der Waals surface area contributed by atoms with Crippen molar-refractivity contribution in [1.29, 1.82) is 0 Å². The van der Waals surface area contributed by atoms with Gasteiger partial charge in [-0.1, -0.05) is 6.08 Å². The van der Waals surface area contributed by atoms with Crippen molar-refractivity contribution in [3.8, 4) is 0 Å². The van der Waals surface area contributed by atoms with E-state index in [0.717, 1.165) is 0 Å². The molecule has 1 unspecified atom stereocenters. The van der Waals surface area contributed by atoms with Gasteiger partial charge in [0.1, 0.15) is 6.23 Å². The molecule has 1 heterocycles. The van der Waals surface area contributed by atoms with E-state index in [1.54, 1.807) is 0 Å². The summed E-state index contributed by atoms with van der Waals surface area (Å²) < 4.78 is 14.6. The lowest BCUT2D eigenvalue weighted by Gasteiger charge is -2.46. The number of aliphatic hydroxyl groups is 1. The normalized spacial score (nSPS) is 18.0. The van der Waals surface area contributed by atoms with Gasteiger partial charge in [-0.05, 0) is 13.8 Å². The molecular formula is C13H19NO7. The van der Waals surface area contributed by atoms with Gasteiger partial charge in [-0.2, -0.15) is 0 Å². The van der Waals surface area contributed by atoms with Gasteiger partial charge in [0.15, 0.2) is 0 Å². The average Bonchev–Trinajstić information content (AvgIpc) is 2.43. The molecule has 0 radical (unpaired) electrons. The summed E-state index contributed by atoms with van der Waals surface area (Å²) in [4.78, 5) is 36.2. The third-order valence-electron chi connectivity index (χ3n) is 2.78. The number of rotatable bonds is 8. The quantitative estimate of drug-likeness (QED) is 0.281. The number of amides is 1. The summed E-state index contributed by atoms with van der Waals surface area (Å²) in [6.07, 6.45) is 0.457. The highest BCUT2D eigenvalue weighted by Crippen LogP contribution is 2.31. The number of β-lactam (4-membered cyclic amide) rings is 1. The molecule has 8 nitrogen and oxygen atoms in total. The van der Waals surface area contributed by atoms with Gasteiger partial charge >= 0.3 is 17.7 Å². The summed E-state index contributed by atoms with van der Waals surface area (Å²) in [5, 5.41) is 10.4. The highest BCUT2D eigenvalue weighted by Gasteiger charge is 2.61. The van der Waals surface area contributed by atoms with E-state index < -0.39 is 29.8 Å². The van der Waals surface area contributed by atoms with Gasteiger partial charge in [0, 0.05) is 0 Å². The Morgan fingerprint density at radius 2 is 1.90 bits per heavy atom. The zero-order chi connectivity index (χ0) is 16.0. The van der Waals surface area contributed by atoms with Crippen molar-refractivity contribution < 1.29 is 33.7 Å². The second-order valence-electron chi connectivity index (χ2n) is 4.16. The van der Waals surface area contributed by atoms with Crippen LogP contribution in [0.4, 0.5) is 0 Å². The van der Waals surface area contributed by atoms with Crippen molar-refractivity contribution in [3.05, 3.63) is 12.7 Å². The van der Waals surface area contributed by atoms with E-state index in [2.05, 4.69) is 16.1 Å². The van der Waals surface area contributed by atoms with Crippen LogP contribution in [0.1, 0.15) is 20.3 Å². The lowest BCUT2D eigenvalue weighted by atomic mass is 10.0. The van der Waals surface area contributed by atoms with Gasteiger partial charge in [0.2, 0.25) is 5.91 Å². The van der Waals surface area contributed by atoms with Crippen LogP contribution in [0.5, 0.6) is 0 Å². The molecule has 0 bridgehead atoms. The minimum absolute atomic E-state index is 0.0606. The van der Waals surface area contributed by atoms with Gasteiger partial charge in [0.05, 0.1) is 26.2 Å².